The van der Waals surface area contributed by atoms with E-state index >= 15 is 0 Å². The SMILES string of the molecule is CCCc1sc(CC(N)=O)nc1C(=O)OCC. The monoisotopic (exact) mass is 256 g/mol. The lowest BCUT2D eigenvalue weighted by molar-refractivity contribution is -0.117. The summed E-state index contributed by atoms with van der Waals surface area (Å²) in [6.45, 7) is 4.07. The summed E-state index contributed by atoms with van der Waals surface area (Å²) in [5.41, 5.74) is 5.43. The van der Waals surface area contributed by atoms with Crippen molar-refractivity contribution in [3.05, 3.63) is 15.6 Å². The predicted octanol–water partition coefficient (Wildman–Crippen LogP) is 1.30. The van der Waals surface area contributed by atoms with E-state index in [-0.39, 0.29) is 6.42 Å². The molecule has 6 heteroatoms. The molecule has 0 bridgehead atoms. The highest BCUT2D eigenvalue weighted by molar-refractivity contribution is 7.12. The second kappa shape index (κ2) is 6.34. The highest BCUT2D eigenvalue weighted by Gasteiger charge is 2.19. The minimum absolute atomic E-state index is 0.0702. The molecule has 0 fully saturated rings. The molecule has 94 valence electrons. The second-order valence-electron chi connectivity index (χ2n) is 3.49. The normalized spacial score (nSPS) is 10.2. The van der Waals surface area contributed by atoms with Gasteiger partial charge in [-0.15, -0.1) is 11.3 Å². The molecule has 2 N–H and O–H groups in total. The molecule has 0 aliphatic rings. The molecule has 0 aliphatic heterocycles. The van der Waals surface area contributed by atoms with E-state index in [2.05, 4.69) is 4.98 Å². The molecule has 17 heavy (non-hydrogen) atoms. The fraction of sp³-hybridized carbons (Fsp3) is 0.545. The van der Waals surface area contributed by atoms with Crippen LogP contribution < -0.4 is 5.73 Å². The smallest absolute Gasteiger partial charge is 0.358 e. The number of primary amides is 1. The van der Waals surface area contributed by atoms with Gasteiger partial charge in [0.15, 0.2) is 5.69 Å². The second-order valence-corrected chi connectivity index (χ2v) is 4.66. The Labute approximate surface area is 104 Å². The van der Waals surface area contributed by atoms with Gasteiger partial charge in [0.1, 0.15) is 5.01 Å². The average molecular weight is 256 g/mol. The summed E-state index contributed by atoms with van der Waals surface area (Å²) < 4.78 is 4.92. The van der Waals surface area contributed by atoms with Crippen LogP contribution in [0.5, 0.6) is 0 Å². The molecule has 1 aromatic rings. The molecule has 0 spiro atoms. The van der Waals surface area contributed by atoms with Crippen LogP contribution in [0.3, 0.4) is 0 Å². The summed E-state index contributed by atoms with van der Waals surface area (Å²) in [7, 11) is 0. The van der Waals surface area contributed by atoms with E-state index in [1.165, 1.54) is 11.3 Å². The van der Waals surface area contributed by atoms with Crippen molar-refractivity contribution in [2.45, 2.75) is 33.1 Å². The molecule has 1 heterocycles. The highest BCUT2D eigenvalue weighted by atomic mass is 32.1. The van der Waals surface area contributed by atoms with E-state index in [0.717, 1.165) is 17.7 Å². The number of esters is 1. The zero-order chi connectivity index (χ0) is 12.8. The Bertz CT molecular complexity index is 415. The van der Waals surface area contributed by atoms with Crippen LogP contribution >= 0.6 is 11.3 Å². The number of rotatable bonds is 6. The van der Waals surface area contributed by atoms with E-state index in [0.29, 0.717) is 17.3 Å². The number of amides is 1. The van der Waals surface area contributed by atoms with Crippen molar-refractivity contribution < 1.29 is 14.3 Å². The summed E-state index contributed by atoms with van der Waals surface area (Å²) >= 11 is 1.35. The molecule has 0 saturated carbocycles. The molecule has 0 aromatic carbocycles. The molecule has 0 radical (unpaired) electrons. The third-order valence-corrected chi connectivity index (χ3v) is 3.13. The van der Waals surface area contributed by atoms with Gasteiger partial charge in [0.05, 0.1) is 13.0 Å². The Morgan fingerprint density at radius 1 is 1.41 bits per heavy atom. The summed E-state index contributed by atoms with van der Waals surface area (Å²) in [4.78, 5) is 27.5. The molecule has 1 rings (SSSR count). The molecular formula is C11H16N2O3S. The van der Waals surface area contributed by atoms with Gasteiger partial charge < -0.3 is 10.5 Å². The average Bonchev–Trinajstić information content (AvgIpc) is 2.61. The Morgan fingerprint density at radius 2 is 2.12 bits per heavy atom. The van der Waals surface area contributed by atoms with Crippen molar-refractivity contribution in [1.82, 2.24) is 4.98 Å². The van der Waals surface area contributed by atoms with Gasteiger partial charge >= 0.3 is 5.97 Å². The van der Waals surface area contributed by atoms with Crippen molar-refractivity contribution >= 4 is 23.2 Å². The zero-order valence-electron chi connectivity index (χ0n) is 9.99. The van der Waals surface area contributed by atoms with Crippen LogP contribution in [0.1, 0.15) is 40.6 Å². The number of hydrogen-bond donors (Lipinski definition) is 1. The van der Waals surface area contributed by atoms with Crippen molar-refractivity contribution in [3.63, 3.8) is 0 Å². The maximum absolute atomic E-state index is 11.6. The number of carbonyl (C=O) groups excluding carboxylic acids is 2. The van der Waals surface area contributed by atoms with Crippen molar-refractivity contribution in [1.29, 1.82) is 0 Å². The van der Waals surface area contributed by atoms with Crippen molar-refractivity contribution in [2.75, 3.05) is 6.61 Å². The van der Waals surface area contributed by atoms with Gasteiger partial charge in [0, 0.05) is 4.88 Å². The quantitative estimate of drug-likeness (QED) is 0.778. The first-order chi connectivity index (χ1) is 8.08. The number of hydrogen-bond acceptors (Lipinski definition) is 5. The summed E-state index contributed by atoms with van der Waals surface area (Å²) in [6, 6.07) is 0. The van der Waals surface area contributed by atoms with Gasteiger partial charge in [-0.25, -0.2) is 9.78 Å². The minimum Gasteiger partial charge on any atom is -0.461 e. The number of aromatic nitrogens is 1. The van der Waals surface area contributed by atoms with Gasteiger partial charge in [-0.1, -0.05) is 13.3 Å². The lowest BCUT2D eigenvalue weighted by atomic mass is 10.2. The molecule has 1 amide bonds. The first kappa shape index (κ1) is 13.6. The Morgan fingerprint density at radius 3 is 2.65 bits per heavy atom. The summed E-state index contributed by atoms with van der Waals surface area (Å²) in [5.74, 6) is -0.875. The van der Waals surface area contributed by atoms with E-state index in [4.69, 9.17) is 10.5 Å². The van der Waals surface area contributed by atoms with Crippen molar-refractivity contribution in [3.8, 4) is 0 Å². The number of ether oxygens (including phenoxy) is 1. The molecule has 5 nitrogen and oxygen atoms in total. The standard InChI is InChI=1S/C11H16N2O3S/c1-3-5-7-10(11(15)16-4-2)13-9(17-7)6-8(12)14/h3-6H2,1-2H3,(H2,12,14). The Kier molecular flexibility index (Phi) is 5.09. The highest BCUT2D eigenvalue weighted by Crippen LogP contribution is 2.21. The number of nitrogens with two attached hydrogens (primary N) is 1. The van der Waals surface area contributed by atoms with Crippen LogP contribution in [0.4, 0.5) is 0 Å². The molecule has 0 saturated heterocycles. The van der Waals surface area contributed by atoms with Gasteiger partial charge in [0.2, 0.25) is 5.91 Å². The number of aryl methyl sites for hydroxylation is 1. The Hall–Kier alpha value is -1.43. The first-order valence-corrected chi connectivity index (χ1v) is 6.34. The molecule has 0 aliphatic carbocycles. The van der Waals surface area contributed by atoms with Gasteiger partial charge in [-0.2, -0.15) is 0 Å². The van der Waals surface area contributed by atoms with Crippen LogP contribution in [-0.4, -0.2) is 23.5 Å². The topological polar surface area (TPSA) is 82.3 Å². The number of nitrogens with zero attached hydrogens (tertiary/aromatic N) is 1. The van der Waals surface area contributed by atoms with E-state index in [1.54, 1.807) is 6.92 Å². The lowest BCUT2D eigenvalue weighted by Gasteiger charge is -2.00. The van der Waals surface area contributed by atoms with Crippen molar-refractivity contribution in [2.24, 2.45) is 5.73 Å². The van der Waals surface area contributed by atoms with Crippen LogP contribution in [0, 0.1) is 0 Å². The van der Waals surface area contributed by atoms with Crippen LogP contribution in [0.25, 0.3) is 0 Å². The largest absolute Gasteiger partial charge is 0.461 e. The third kappa shape index (κ3) is 3.81. The van der Waals surface area contributed by atoms with Crippen LogP contribution in [0.15, 0.2) is 0 Å². The number of carbonyl (C=O) groups is 2. The Balaban J connectivity index is 2.95. The molecule has 1 aromatic heterocycles. The fourth-order valence-electron chi connectivity index (χ4n) is 1.38. The molecule has 0 atom stereocenters. The predicted molar refractivity (Wildman–Crippen MR) is 65.0 cm³/mol. The fourth-order valence-corrected chi connectivity index (χ4v) is 2.55. The number of thiazole rings is 1. The van der Waals surface area contributed by atoms with Crippen LogP contribution in [0.2, 0.25) is 0 Å². The summed E-state index contributed by atoms with van der Waals surface area (Å²) in [5, 5.41) is 0.573. The van der Waals surface area contributed by atoms with Gasteiger partial charge in [-0.3, -0.25) is 4.79 Å². The van der Waals surface area contributed by atoms with Gasteiger partial charge in [0.25, 0.3) is 0 Å². The van der Waals surface area contributed by atoms with E-state index < -0.39 is 11.9 Å². The van der Waals surface area contributed by atoms with E-state index in [1.807, 2.05) is 6.92 Å². The van der Waals surface area contributed by atoms with E-state index in [9.17, 15) is 9.59 Å². The molecule has 0 unspecified atom stereocenters. The maximum Gasteiger partial charge on any atom is 0.358 e. The lowest BCUT2D eigenvalue weighted by Crippen LogP contribution is -2.14. The minimum atomic E-state index is -0.447. The third-order valence-electron chi connectivity index (χ3n) is 2.01. The van der Waals surface area contributed by atoms with Gasteiger partial charge in [-0.05, 0) is 13.3 Å². The van der Waals surface area contributed by atoms with Crippen LogP contribution in [-0.2, 0) is 22.4 Å². The maximum atomic E-state index is 11.6. The first-order valence-electron chi connectivity index (χ1n) is 5.52. The molecular weight excluding hydrogens is 240 g/mol. The summed E-state index contributed by atoms with van der Waals surface area (Å²) in [6.07, 6.45) is 1.73. The zero-order valence-corrected chi connectivity index (χ0v) is 10.8.